The van der Waals surface area contributed by atoms with Crippen LogP contribution >= 0.6 is 0 Å². The van der Waals surface area contributed by atoms with Crippen molar-refractivity contribution in [2.75, 3.05) is 37.4 Å². The van der Waals surface area contributed by atoms with E-state index in [1.807, 2.05) is 6.07 Å². The Morgan fingerprint density at radius 1 is 1.07 bits per heavy atom. The van der Waals surface area contributed by atoms with E-state index >= 15 is 0 Å². The Kier molecular flexibility index (Phi) is 7.60. The number of benzene rings is 2. The SMILES string of the molecule is COc1ccccc1OCCNC(=O)CN(c1cccc(C(C)=O)c1)S(C)(=O)=O. The largest absolute Gasteiger partial charge is 0.493 e. The third-order valence-corrected chi connectivity index (χ3v) is 5.12. The smallest absolute Gasteiger partial charge is 0.240 e. The molecule has 0 fully saturated rings. The van der Waals surface area contributed by atoms with E-state index in [0.717, 1.165) is 10.6 Å². The summed E-state index contributed by atoms with van der Waals surface area (Å²) in [7, 11) is -2.19. The molecule has 0 aliphatic carbocycles. The van der Waals surface area contributed by atoms with Crippen molar-refractivity contribution in [3.8, 4) is 11.5 Å². The van der Waals surface area contributed by atoms with Gasteiger partial charge in [0.05, 0.1) is 25.6 Å². The second kappa shape index (κ2) is 9.92. The molecule has 1 amide bonds. The van der Waals surface area contributed by atoms with Gasteiger partial charge in [-0.3, -0.25) is 13.9 Å². The van der Waals surface area contributed by atoms with E-state index in [2.05, 4.69) is 5.32 Å². The lowest BCUT2D eigenvalue weighted by molar-refractivity contribution is -0.119. The van der Waals surface area contributed by atoms with Gasteiger partial charge in [0.15, 0.2) is 17.3 Å². The molecule has 8 nitrogen and oxygen atoms in total. The molecule has 0 saturated heterocycles. The molecule has 0 radical (unpaired) electrons. The Morgan fingerprint density at radius 2 is 1.76 bits per heavy atom. The lowest BCUT2D eigenvalue weighted by Gasteiger charge is -2.22. The first kappa shape index (κ1) is 22.2. The number of sulfonamides is 1. The van der Waals surface area contributed by atoms with Crippen molar-refractivity contribution in [1.29, 1.82) is 0 Å². The van der Waals surface area contributed by atoms with E-state index in [4.69, 9.17) is 9.47 Å². The first-order valence-corrected chi connectivity index (χ1v) is 10.7. The standard InChI is InChI=1S/C20H24N2O6S/c1-15(23)16-7-6-8-17(13-16)22(29(3,25)26)14-20(24)21-11-12-28-19-10-5-4-9-18(19)27-2/h4-10,13H,11-12,14H2,1-3H3,(H,21,24). The zero-order chi connectivity index (χ0) is 21.4. The molecule has 0 unspecified atom stereocenters. The van der Waals surface area contributed by atoms with Crippen LogP contribution < -0.4 is 19.1 Å². The molecule has 2 aromatic carbocycles. The highest BCUT2D eigenvalue weighted by Gasteiger charge is 2.21. The normalized spacial score (nSPS) is 10.9. The van der Waals surface area contributed by atoms with Crippen LogP contribution in [0.4, 0.5) is 5.69 Å². The predicted molar refractivity (Wildman–Crippen MR) is 110 cm³/mol. The van der Waals surface area contributed by atoms with Crippen LogP contribution in [0.15, 0.2) is 48.5 Å². The van der Waals surface area contributed by atoms with Gasteiger partial charge in [-0.1, -0.05) is 24.3 Å². The van der Waals surface area contributed by atoms with Crippen LogP contribution in [-0.4, -0.2) is 53.2 Å². The fraction of sp³-hybridized carbons (Fsp3) is 0.300. The fourth-order valence-corrected chi connectivity index (χ4v) is 3.40. The third-order valence-electron chi connectivity index (χ3n) is 3.98. The van der Waals surface area contributed by atoms with E-state index < -0.39 is 22.5 Å². The van der Waals surface area contributed by atoms with Crippen LogP contribution in [0, 0.1) is 0 Å². The monoisotopic (exact) mass is 420 g/mol. The molecule has 0 heterocycles. The zero-order valence-electron chi connectivity index (χ0n) is 16.5. The molecule has 2 aromatic rings. The minimum Gasteiger partial charge on any atom is -0.493 e. The average molecular weight is 420 g/mol. The van der Waals surface area contributed by atoms with Gasteiger partial charge in [0.25, 0.3) is 0 Å². The molecule has 0 spiro atoms. The summed E-state index contributed by atoms with van der Waals surface area (Å²) in [6.45, 7) is 1.35. The maximum atomic E-state index is 12.3. The number of hydrogen-bond donors (Lipinski definition) is 1. The van der Waals surface area contributed by atoms with Crippen molar-refractivity contribution in [2.45, 2.75) is 6.92 Å². The molecular formula is C20H24N2O6S. The highest BCUT2D eigenvalue weighted by molar-refractivity contribution is 7.92. The summed E-state index contributed by atoms with van der Waals surface area (Å²) < 4.78 is 36.0. The van der Waals surface area contributed by atoms with Crippen molar-refractivity contribution in [3.63, 3.8) is 0 Å². The number of carbonyl (C=O) groups excluding carboxylic acids is 2. The first-order valence-electron chi connectivity index (χ1n) is 8.83. The minimum absolute atomic E-state index is 0.183. The van der Waals surface area contributed by atoms with Gasteiger partial charge >= 0.3 is 0 Å². The summed E-state index contributed by atoms with van der Waals surface area (Å²) in [6, 6.07) is 13.3. The van der Waals surface area contributed by atoms with Crippen LogP contribution in [0.1, 0.15) is 17.3 Å². The number of para-hydroxylation sites is 2. The number of anilines is 1. The average Bonchev–Trinajstić information content (AvgIpc) is 2.69. The van der Waals surface area contributed by atoms with Gasteiger partial charge in [0, 0.05) is 5.56 Å². The van der Waals surface area contributed by atoms with Crippen molar-refractivity contribution in [3.05, 3.63) is 54.1 Å². The molecule has 2 rings (SSSR count). The van der Waals surface area contributed by atoms with E-state index in [1.165, 1.54) is 26.2 Å². The van der Waals surface area contributed by atoms with Crippen LogP contribution in [0.25, 0.3) is 0 Å². The first-order chi connectivity index (χ1) is 13.7. The molecule has 9 heteroatoms. The highest BCUT2D eigenvalue weighted by atomic mass is 32.2. The molecule has 29 heavy (non-hydrogen) atoms. The fourth-order valence-electron chi connectivity index (χ4n) is 2.56. The Bertz CT molecular complexity index is 974. The maximum Gasteiger partial charge on any atom is 0.240 e. The lowest BCUT2D eigenvalue weighted by atomic mass is 10.1. The van der Waals surface area contributed by atoms with Gasteiger partial charge in [-0.25, -0.2) is 8.42 Å². The molecule has 1 N–H and O–H groups in total. The topological polar surface area (TPSA) is 102 Å². The molecule has 0 saturated carbocycles. The molecule has 0 bridgehead atoms. The molecule has 0 aliphatic heterocycles. The molecule has 0 aliphatic rings. The number of amides is 1. The number of nitrogens with one attached hydrogen (secondary N) is 1. The highest BCUT2D eigenvalue weighted by Crippen LogP contribution is 2.25. The van der Waals surface area contributed by atoms with E-state index in [0.29, 0.717) is 17.1 Å². The van der Waals surface area contributed by atoms with Crippen LogP contribution in [0.5, 0.6) is 11.5 Å². The number of ketones is 1. The van der Waals surface area contributed by atoms with Gasteiger partial charge in [-0.05, 0) is 31.2 Å². The maximum absolute atomic E-state index is 12.3. The number of ether oxygens (including phenoxy) is 2. The number of methoxy groups -OCH3 is 1. The summed E-state index contributed by atoms with van der Waals surface area (Å²) >= 11 is 0. The number of nitrogens with zero attached hydrogens (tertiary/aromatic N) is 1. The van der Waals surface area contributed by atoms with Gasteiger partial charge in [-0.15, -0.1) is 0 Å². The second-order valence-electron chi connectivity index (χ2n) is 6.23. The quantitative estimate of drug-likeness (QED) is 0.465. The number of hydrogen-bond acceptors (Lipinski definition) is 6. The Hall–Kier alpha value is -3.07. The van der Waals surface area contributed by atoms with Crippen molar-refractivity contribution >= 4 is 27.4 Å². The Balaban J connectivity index is 1.97. The molecule has 0 aromatic heterocycles. The van der Waals surface area contributed by atoms with Gasteiger partial charge in [-0.2, -0.15) is 0 Å². The zero-order valence-corrected chi connectivity index (χ0v) is 17.4. The van der Waals surface area contributed by atoms with E-state index in [1.54, 1.807) is 30.3 Å². The summed E-state index contributed by atoms with van der Waals surface area (Å²) in [6.07, 6.45) is 1.01. The molecule has 156 valence electrons. The lowest BCUT2D eigenvalue weighted by Crippen LogP contribution is -2.41. The van der Waals surface area contributed by atoms with Crippen molar-refractivity contribution < 1.29 is 27.5 Å². The van der Waals surface area contributed by atoms with Gasteiger partial charge < -0.3 is 14.8 Å². The van der Waals surface area contributed by atoms with Crippen molar-refractivity contribution in [2.24, 2.45) is 0 Å². The summed E-state index contributed by atoms with van der Waals surface area (Å²) in [4.78, 5) is 23.8. The number of rotatable bonds is 10. The van der Waals surface area contributed by atoms with Crippen LogP contribution in [-0.2, 0) is 14.8 Å². The van der Waals surface area contributed by atoms with Gasteiger partial charge in [0.1, 0.15) is 13.2 Å². The predicted octanol–water partition coefficient (Wildman–Crippen LogP) is 1.86. The van der Waals surface area contributed by atoms with E-state index in [-0.39, 0.29) is 24.6 Å². The summed E-state index contributed by atoms with van der Waals surface area (Å²) in [5, 5.41) is 2.62. The second-order valence-corrected chi connectivity index (χ2v) is 8.13. The van der Waals surface area contributed by atoms with Crippen molar-refractivity contribution in [1.82, 2.24) is 5.32 Å². The van der Waals surface area contributed by atoms with Crippen LogP contribution in [0.2, 0.25) is 0 Å². The summed E-state index contributed by atoms with van der Waals surface area (Å²) in [5.41, 5.74) is 0.613. The molecular weight excluding hydrogens is 396 g/mol. The van der Waals surface area contributed by atoms with Crippen LogP contribution in [0.3, 0.4) is 0 Å². The minimum atomic E-state index is -3.72. The number of Topliss-reactive ketones (excluding diaryl/α,β-unsaturated/α-hetero) is 1. The Labute approximate surface area is 170 Å². The summed E-state index contributed by atoms with van der Waals surface area (Å²) in [5.74, 6) is 0.431. The number of carbonyl (C=O) groups is 2. The molecule has 0 atom stereocenters. The Morgan fingerprint density at radius 3 is 2.38 bits per heavy atom. The van der Waals surface area contributed by atoms with E-state index in [9.17, 15) is 18.0 Å². The third kappa shape index (κ3) is 6.49. The van der Waals surface area contributed by atoms with Gasteiger partial charge in [0.2, 0.25) is 15.9 Å².